The molecule has 0 spiro atoms. The highest BCUT2D eigenvalue weighted by Gasteiger charge is 2.27. The predicted octanol–water partition coefficient (Wildman–Crippen LogP) is 0.507. The van der Waals surface area contributed by atoms with Crippen LogP contribution in [0.15, 0.2) is 0 Å². The first-order chi connectivity index (χ1) is 10.2. The minimum Gasteiger partial charge on any atom is -0.458 e. The standard InChI is InChI=1S/C14H20O8/c1-7-8(2)20-12(16)6-14(18)22-10(4)9(3)21-13(17)5-11(15)19-7/h7-10H,5-6H2,1-4H3. The molecule has 0 N–H and O–H groups in total. The molecule has 1 fully saturated rings. The first-order valence-corrected chi connectivity index (χ1v) is 6.97. The number of cyclic esters (lactones) is 4. The molecule has 0 aromatic rings. The molecule has 0 bridgehead atoms. The van der Waals surface area contributed by atoms with E-state index >= 15 is 0 Å². The van der Waals surface area contributed by atoms with Crippen LogP contribution in [0.2, 0.25) is 0 Å². The Morgan fingerprint density at radius 1 is 0.545 bits per heavy atom. The molecule has 4 atom stereocenters. The molecule has 124 valence electrons. The third kappa shape index (κ3) is 5.71. The van der Waals surface area contributed by atoms with Gasteiger partial charge in [0.05, 0.1) is 0 Å². The van der Waals surface area contributed by atoms with Gasteiger partial charge in [-0.2, -0.15) is 0 Å². The van der Waals surface area contributed by atoms with Crippen molar-refractivity contribution in [2.75, 3.05) is 0 Å². The molecular weight excluding hydrogens is 296 g/mol. The van der Waals surface area contributed by atoms with Crippen molar-refractivity contribution in [2.45, 2.75) is 65.0 Å². The summed E-state index contributed by atoms with van der Waals surface area (Å²) in [5.41, 5.74) is 0. The molecule has 1 rings (SSSR count). The van der Waals surface area contributed by atoms with Crippen LogP contribution in [0.25, 0.3) is 0 Å². The van der Waals surface area contributed by atoms with E-state index in [1.54, 1.807) is 0 Å². The maximum atomic E-state index is 11.6. The number of ether oxygens (including phenoxy) is 4. The second-order valence-electron chi connectivity index (χ2n) is 5.13. The second kappa shape index (κ2) is 7.77. The van der Waals surface area contributed by atoms with Crippen molar-refractivity contribution >= 4 is 23.9 Å². The summed E-state index contributed by atoms with van der Waals surface area (Å²) in [4.78, 5) is 46.4. The molecule has 8 heteroatoms. The van der Waals surface area contributed by atoms with E-state index in [0.29, 0.717) is 0 Å². The Bertz CT molecular complexity index is 376. The molecule has 0 aromatic carbocycles. The molecule has 1 heterocycles. The molecule has 0 amide bonds. The first kappa shape index (κ1) is 17.9. The monoisotopic (exact) mass is 316 g/mol. The molecule has 1 aliphatic heterocycles. The zero-order valence-electron chi connectivity index (χ0n) is 13.0. The van der Waals surface area contributed by atoms with Gasteiger partial charge in [0, 0.05) is 0 Å². The van der Waals surface area contributed by atoms with Gasteiger partial charge < -0.3 is 18.9 Å². The Morgan fingerprint density at radius 3 is 0.909 bits per heavy atom. The fourth-order valence-electron chi connectivity index (χ4n) is 1.61. The third-order valence-corrected chi connectivity index (χ3v) is 3.17. The van der Waals surface area contributed by atoms with Gasteiger partial charge >= 0.3 is 23.9 Å². The summed E-state index contributed by atoms with van der Waals surface area (Å²) in [5, 5.41) is 0. The third-order valence-electron chi connectivity index (χ3n) is 3.17. The smallest absolute Gasteiger partial charge is 0.317 e. The highest BCUT2D eigenvalue weighted by atomic mass is 16.6. The van der Waals surface area contributed by atoms with Crippen molar-refractivity contribution in [1.29, 1.82) is 0 Å². The van der Waals surface area contributed by atoms with E-state index in [4.69, 9.17) is 18.9 Å². The molecule has 0 aromatic heterocycles. The highest BCUT2D eigenvalue weighted by molar-refractivity contribution is 5.92. The number of hydrogen-bond donors (Lipinski definition) is 0. The van der Waals surface area contributed by atoms with Gasteiger partial charge in [0.15, 0.2) is 0 Å². The predicted molar refractivity (Wildman–Crippen MR) is 71.5 cm³/mol. The molecule has 4 unspecified atom stereocenters. The Balaban J connectivity index is 2.83. The summed E-state index contributed by atoms with van der Waals surface area (Å²) < 4.78 is 19.9. The van der Waals surface area contributed by atoms with Crippen LogP contribution >= 0.6 is 0 Å². The van der Waals surface area contributed by atoms with Gasteiger partial charge in [-0.25, -0.2) is 0 Å². The van der Waals surface area contributed by atoms with Crippen LogP contribution in [0.1, 0.15) is 40.5 Å². The lowest BCUT2D eigenvalue weighted by molar-refractivity contribution is -0.178. The van der Waals surface area contributed by atoms with Crippen molar-refractivity contribution in [3.8, 4) is 0 Å². The lowest BCUT2D eigenvalue weighted by atomic mass is 10.2. The molecule has 0 aliphatic carbocycles. The van der Waals surface area contributed by atoms with Crippen LogP contribution in [-0.4, -0.2) is 48.3 Å². The van der Waals surface area contributed by atoms with Crippen molar-refractivity contribution in [1.82, 2.24) is 0 Å². The SMILES string of the molecule is CC1OC(=O)CC(=O)OC(C)C(C)OC(=O)CC(=O)OC1C. The quantitative estimate of drug-likeness (QED) is 0.361. The van der Waals surface area contributed by atoms with Crippen molar-refractivity contribution in [3.05, 3.63) is 0 Å². The minimum atomic E-state index is -0.783. The Morgan fingerprint density at radius 2 is 0.727 bits per heavy atom. The largest absolute Gasteiger partial charge is 0.458 e. The number of hydrogen-bond acceptors (Lipinski definition) is 8. The number of carbonyl (C=O) groups is 4. The Labute approximate surface area is 128 Å². The van der Waals surface area contributed by atoms with Crippen LogP contribution < -0.4 is 0 Å². The summed E-state index contributed by atoms with van der Waals surface area (Å²) >= 11 is 0. The van der Waals surface area contributed by atoms with Gasteiger partial charge in [-0.1, -0.05) is 0 Å². The summed E-state index contributed by atoms with van der Waals surface area (Å²) in [6.07, 6.45) is -4.20. The van der Waals surface area contributed by atoms with Crippen LogP contribution in [0.4, 0.5) is 0 Å². The van der Waals surface area contributed by atoms with Crippen LogP contribution in [0.5, 0.6) is 0 Å². The van der Waals surface area contributed by atoms with Gasteiger partial charge in [0.25, 0.3) is 0 Å². The maximum absolute atomic E-state index is 11.6. The maximum Gasteiger partial charge on any atom is 0.317 e. The average Bonchev–Trinajstić information content (AvgIpc) is 2.36. The van der Waals surface area contributed by atoms with Crippen LogP contribution in [0, 0.1) is 0 Å². The summed E-state index contributed by atoms with van der Waals surface area (Å²) in [7, 11) is 0. The summed E-state index contributed by atoms with van der Waals surface area (Å²) in [6.45, 7) is 6.04. The van der Waals surface area contributed by atoms with E-state index < -0.39 is 61.1 Å². The second-order valence-corrected chi connectivity index (χ2v) is 5.13. The van der Waals surface area contributed by atoms with E-state index in [1.165, 1.54) is 27.7 Å². The van der Waals surface area contributed by atoms with Gasteiger partial charge in [-0.15, -0.1) is 0 Å². The molecule has 8 nitrogen and oxygen atoms in total. The van der Waals surface area contributed by atoms with Crippen molar-refractivity contribution in [3.63, 3.8) is 0 Å². The van der Waals surface area contributed by atoms with Crippen LogP contribution in [-0.2, 0) is 38.1 Å². The summed E-state index contributed by atoms with van der Waals surface area (Å²) in [6, 6.07) is 0. The molecule has 1 saturated heterocycles. The normalized spacial score (nSPS) is 32.2. The summed E-state index contributed by atoms with van der Waals surface area (Å²) in [5.74, 6) is -3.13. The van der Waals surface area contributed by atoms with E-state index in [0.717, 1.165) is 0 Å². The fraction of sp³-hybridized carbons (Fsp3) is 0.714. The number of rotatable bonds is 0. The minimum absolute atomic E-state index is 0.573. The zero-order chi connectivity index (χ0) is 16.9. The molecule has 1 aliphatic rings. The van der Waals surface area contributed by atoms with Gasteiger partial charge in [-0.05, 0) is 27.7 Å². The molecule has 22 heavy (non-hydrogen) atoms. The van der Waals surface area contributed by atoms with Gasteiger partial charge in [0.1, 0.15) is 37.3 Å². The molecular formula is C14H20O8. The first-order valence-electron chi connectivity index (χ1n) is 6.97. The number of carbonyl (C=O) groups excluding carboxylic acids is 4. The van der Waals surface area contributed by atoms with E-state index in [9.17, 15) is 19.2 Å². The van der Waals surface area contributed by atoms with E-state index in [2.05, 4.69) is 0 Å². The van der Waals surface area contributed by atoms with Crippen molar-refractivity contribution in [2.24, 2.45) is 0 Å². The fourth-order valence-corrected chi connectivity index (χ4v) is 1.61. The van der Waals surface area contributed by atoms with Gasteiger partial charge in [0.2, 0.25) is 0 Å². The topological polar surface area (TPSA) is 105 Å². The molecule has 0 saturated carbocycles. The number of esters is 4. The highest BCUT2D eigenvalue weighted by Crippen LogP contribution is 2.11. The van der Waals surface area contributed by atoms with E-state index in [1.807, 2.05) is 0 Å². The average molecular weight is 316 g/mol. The molecule has 0 radical (unpaired) electrons. The Kier molecular flexibility index (Phi) is 6.33. The van der Waals surface area contributed by atoms with E-state index in [-0.39, 0.29) is 0 Å². The lowest BCUT2D eigenvalue weighted by Gasteiger charge is -2.23. The van der Waals surface area contributed by atoms with Crippen molar-refractivity contribution < 1.29 is 38.1 Å². The lowest BCUT2D eigenvalue weighted by Crippen LogP contribution is -2.35. The van der Waals surface area contributed by atoms with Gasteiger partial charge in [-0.3, -0.25) is 19.2 Å². The Hall–Kier alpha value is -2.12. The zero-order valence-corrected chi connectivity index (χ0v) is 13.0. The van der Waals surface area contributed by atoms with Crippen LogP contribution in [0.3, 0.4) is 0 Å².